The lowest BCUT2D eigenvalue weighted by Gasteiger charge is -2.29. The zero-order chi connectivity index (χ0) is 19.3. The Morgan fingerprint density at radius 3 is 2.82 bits per heavy atom. The molecule has 5 heteroatoms. The lowest BCUT2D eigenvalue weighted by molar-refractivity contribution is -0.121. The van der Waals surface area contributed by atoms with Crippen molar-refractivity contribution in [1.29, 1.82) is 0 Å². The van der Waals surface area contributed by atoms with E-state index < -0.39 is 0 Å². The molecule has 28 heavy (non-hydrogen) atoms. The number of amides is 1. The van der Waals surface area contributed by atoms with Gasteiger partial charge in [0.2, 0.25) is 0 Å². The quantitative estimate of drug-likeness (QED) is 0.511. The second-order valence-electron chi connectivity index (χ2n) is 7.01. The number of unbranched alkanes of at least 4 members (excludes halogenated alkanes) is 2. The fourth-order valence-corrected chi connectivity index (χ4v) is 4.26. The summed E-state index contributed by atoms with van der Waals surface area (Å²) >= 11 is 1.67. The van der Waals surface area contributed by atoms with Crippen LogP contribution in [0.2, 0.25) is 0 Å². The number of anilines is 1. The summed E-state index contributed by atoms with van der Waals surface area (Å²) in [5.74, 6) is 0.809. The number of hydrogen-bond acceptors (Lipinski definition) is 4. The number of fused-ring (bicyclic) bond motifs is 1. The SMILES string of the molecule is CCCCCN1C(=O)COc2ccc(-c3csc(Cc4ccccc4)n3)cc21. The van der Waals surface area contributed by atoms with Crippen molar-refractivity contribution in [3.05, 3.63) is 64.5 Å². The van der Waals surface area contributed by atoms with E-state index in [9.17, 15) is 4.79 Å². The number of ether oxygens (including phenoxy) is 1. The molecule has 0 fully saturated rings. The minimum atomic E-state index is 0.0313. The Kier molecular flexibility index (Phi) is 5.72. The highest BCUT2D eigenvalue weighted by Crippen LogP contribution is 2.36. The maximum Gasteiger partial charge on any atom is 0.265 e. The van der Waals surface area contributed by atoms with Crippen molar-refractivity contribution in [3.8, 4) is 17.0 Å². The van der Waals surface area contributed by atoms with Gasteiger partial charge in [-0.2, -0.15) is 0 Å². The highest BCUT2D eigenvalue weighted by Gasteiger charge is 2.25. The van der Waals surface area contributed by atoms with Gasteiger partial charge in [0.1, 0.15) is 5.75 Å². The zero-order valence-electron chi connectivity index (χ0n) is 16.1. The smallest absolute Gasteiger partial charge is 0.265 e. The molecule has 1 aliphatic heterocycles. The summed E-state index contributed by atoms with van der Waals surface area (Å²) in [7, 11) is 0. The molecule has 144 valence electrons. The highest BCUT2D eigenvalue weighted by molar-refractivity contribution is 7.10. The van der Waals surface area contributed by atoms with Crippen LogP contribution in [0.3, 0.4) is 0 Å². The maximum atomic E-state index is 12.4. The van der Waals surface area contributed by atoms with E-state index in [4.69, 9.17) is 9.72 Å². The van der Waals surface area contributed by atoms with E-state index in [1.807, 2.05) is 29.2 Å². The molecule has 0 atom stereocenters. The van der Waals surface area contributed by atoms with Crippen molar-refractivity contribution in [1.82, 2.24) is 4.98 Å². The maximum absolute atomic E-state index is 12.4. The summed E-state index contributed by atoms with van der Waals surface area (Å²) in [5.41, 5.74) is 4.09. The van der Waals surface area contributed by atoms with Crippen LogP contribution in [0.4, 0.5) is 5.69 Å². The van der Waals surface area contributed by atoms with Gasteiger partial charge in [-0.3, -0.25) is 4.79 Å². The predicted octanol–water partition coefficient (Wildman–Crippen LogP) is 5.32. The summed E-state index contributed by atoms with van der Waals surface area (Å²) < 4.78 is 5.64. The minimum Gasteiger partial charge on any atom is -0.482 e. The van der Waals surface area contributed by atoms with Gasteiger partial charge in [0.25, 0.3) is 5.91 Å². The Balaban J connectivity index is 1.57. The fourth-order valence-electron chi connectivity index (χ4n) is 3.42. The van der Waals surface area contributed by atoms with Crippen LogP contribution in [-0.2, 0) is 11.2 Å². The molecule has 0 radical (unpaired) electrons. The molecule has 3 aromatic rings. The number of carbonyl (C=O) groups is 1. The van der Waals surface area contributed by atoms with E-state index in [0.717, 1.165) is 59.9 Å². The third kappa shape index (κ3) is 4.09. The van der Waals surface area contributed by atoms with Crippen molar-refractivity contribution in [2.24, 2.45) is 0 Å². The van der Waals surface area contributed by atoms with Gasteiger partial charge >= 0.3 is 0 Å². The molecule has 4 nitrogen and oxygen atoms in total. The molecular formula is C23H24N2O2S. The van der Waals surface area contributed by atoms with Crippen LogP contribution in [0.1, 0.15) is 36.8 Å². The Bertz CT molecular complexity index is 952. The van der Waals surface area contributed by atoms with Gasteiger partial charge in [0, 0.05) is 23.9 Å². The van der Waals surface area contributed by atoms with E-state index in [0.29, 0.717) is 0 Å². The number of carbonyl (C=O) groups excluding carboxylic acids is 1. The standard InChI is InChI=1S/C23H24N2O2S/c1-2-3-7-12-25-20-14-18(10-11-21(20)27-15-23(25)26)19-16-28-22(24-19)13-17-8-5-4-6-9-17/h4-6,8-11,14,16H,2-3,7,12-13,15H2,1H3. The molecule has 1 amide bonds. The van der Waals surface area contributed by atoms with E-state index in [-0.39, 0.29) is 12.5 Å². The molecule has 0 unspecified atom stereocenters. The van der Waals surface area contributed by atoms with E-state index >= 15 is 0 Å². The van der Waals surface area contributed by atoms with Gasteiger partial charge in [0.05, 0.1) is 16.4 Å². The van der Waals surface area contributed by atoms with Crippen LogP contribution in [-0.4, -0.2) is 24.0 Å². The van der Waals surface area contributed by atoms with E-state index in [1.165, 1.54) is 5.56 Å². The minimum absolute atomic E-state index is 0.0313. The number of benzene rings is 2. The Morgan fingerprint density at radius 2 is 2.00 bits per heavy atom. The van der Waals surface area contributed by atoms with Crippen molar-refractivity contribution < 1.29 is 9.53 Å². The van der Waals surface area contributed by atoms with Crippen LogP contribution in [0.5, 0.6) is 5.75 Å². The Morgan fingerprint density at radius 1 is 1.14 bits per heavy atom. The van der Waals surface area contributed by atoms with E-state index in [2.05, 4.69) is 36.6 Å². The molecule has 0 bridgehead atoms. The van der Waals surface area contributed by atoms with Gasteiger partial charge < -0.3 is 9.64 Å². The first kappa shape index (κ1) is 18.7. The van der Waals surface area contributed by atoms with Crippen molar-refractivity contribution in [2.75, 3.05) is 18.1 Å². The predicted molar refractivity (Wildman–Crippen MR) is 114 cm³/mol. The molecule has 1 aliphatic rings. The number of rotatable bonds is 7. The van der Waals surface area contributed by atoms with Crippen LogP contribution in [0.15, 0.2) is 53.9 Å². The first-order valence-corrected chi connectivity index (χ1v) is 10.7. The van der Waals surface area contributed by atoms with Gasteiger partial charge in [-0.05, 0) is 30.2 Å². The zero-order valence-corrected chi connectivity index (χ0v) is 16.9. The van der Waals surface area contributed by atoms with Crippen LogP contribution >= 0.6 is 11.3 Å². The number of hydrogen-bond donors (Lipinski definition) is 0. The number of thiazole rings is 1. The average Bonchev–Trinajstić information content (AvgIpc) is 3.18. The molecule has 0 spiro atoms. The number of aromatic nitrogens is 1. The fraction of sp³-hybridized carbons (Fsp3) is 0.304. The first-order valence-electron chi connectivity index (χ1n) is 9.80. The summed E-state index contributed by atoms with van der Waals surface area (Å²) in [6.45, 7) is 3.03. The molecule has 0 N–H and O–H groups in total. The third-order valence-electron chi connectivity index (χ3n) is 4.93. The van der Waals surface area contributed by atoms with E-state index in [1.54, 1.807) is 11.3 Å². The van der Waals surface area contributed by atoms with Crippen LogP contribution in [0.25, 0.3) is 11.3 Å². The summed E-state index contributed by atoms with van der Waals surface area (Å²) in [5, 5.41) is 3.18. The monoisotopic (exact) mass is 392 g/mol. The largest absolute Gasteiger partial charge is 0.482 e. The Hall–Kier alpha value is -2.66. The van der Waals surface area contributed by atoms with Crippen molar-refractivity contribution in [3.63, 3.8) is 0 Å². The van der Waals surface area contributed by atoms with Gasteiger partial charge in [-0.1, -0.05) is 50.1 Å². The molecule has 2 heterocycles. The molecule has 0 aliphatic carbocycles. The first-order chi connectivity index (χ1) is 13.7. The molecular weight excluding hydrogens is 368 g/mol. The van der Waals surface area contributed by atoms with Crippen molar-refractivity contribution in [2.45, 2.75) is 32.6 Å². The lowest BCUT2D eigenvalue weighted by atomic mass is 10.1. The van der Waals surface area contributed by atoms with Gasteiger partial charge in [-0.15, -0.1) is 11.3 Å². The van der Waals surface area contributed by atoms with Gasteiger partial charge in [-0.25, -0.2) is 4.98 Å². The average molecular weight is 393 g/mol. The second kappa shape index (κ2) is 8.57. The summed E-state index contributed by atoms with van der Waals surface area (Å²) in [6, 6.07) is 16.4. The third-order valence-corrected chi connectivity index (χ3v) is 5.78. The number of nitrogens with zero attached hydrogens (tertiary/aromatic N) is 2. The lowest BCUT2D eigenvalue weighted by Crippen LogP contribution is -2.39. The molecule has 4 rings (SSSR count). The summed E-state index contributed by atoms with van der Waals surface area (Å²) in [6.07, 6.45) is 4.09. The molecule has 1 aromatic heterocycles. The van der Waals surface area contributed by atoms with Crippen LogP contribution < -0.4 is 9.64 Å². The van der Waals surface area contributed by atoms with Gasteiger partial charge in [0.15, 0.2) is 6.61 Å². The summed E-state index contributed by atoms with van der Waals surface area (Å²) in [4.78, 5) is 19.1. The topological polar surface area (TPSA) is 42.4 Å². The molecule has 0 saturated heterocycles. The Labute approximate surface area is 169 Å². The van der Waals surface area contributed by atoms with Crippen molar-refractivity contribution >= 4 is 22.9 Å². The van der Waals surface area contributed by atoms with Crippen LogP contribution in [0, 0.1) is 0 Å². The second-order valence-corrected chi connectivity index (χ2v) is 7.96. The molecule has 0 saturated carbocycles. The molecule has 2 aromatic carbocycles. The normalized spacial score (nSPS) is 13.3. The highest BCUT2D eigenvalue weighted by atomic mass is 32.1.